The van der Waals surface area contributed by atoms with Crippen molar-refractivity contribution in [3.63, 3.8) is 0 Å². The molecule has 2 aromatic carbocycles. The first kappa shape index (κ1) is 47.5. The van der Waals surface area contributed by atoms with Crippen molar-refractivity contribution in [1.82, 2.24) is 30.2 Å². The third-order valence-electron chi connectivity index (χ3n) is 9.61. The fourth-order valence-electron chi connectivity index (χ4n) is 6.35. The molecule has 0 aliphatic carbocycles. The second-order valence-electron chi connectivity index (χ2n) is 14.9. The summed E-state index contributed by atoms with van der Waals surface area (Å²) in [5, 5.41) is 29.1. The molecule has 17 nitrogen and oxygen atoms in total. The summed E-state index contributed by atoms with van der Waals surface area (Å²) in [6, 6.07) is 17.1. The Morgan fingerprint density at radius 3 is 1.58 bits per heavy atom. The number of hydrogen-bond donors (Lipinski definition) is 6. The Hall–Kier alpha value is -6.96. The molecule has 0 atom stereocenters. The molecule has 0 unspecified atom stereocenters. The van der Waals surface area contributed by atoms with E-state index in [4.69, 9.17) is 9.47 Å². The first-order valence-corrected chi connectivity index (χ1v) is 22.8. The van der Waals surface area contributed by atoms with Crippen LogP contribution in [0.3, 0.4) is 0 Å². The van der Waals surface area contributed by atoms with Crippen molar-refractivity contribution in [2.75, 3.05) is 75.8 Å². The lowest BCUT2D eigenvalue weighted by Gasteiger charge is -2.15. The topological polar surface area (TPSA) is 222 Å². The monoisotopic (exact) mass is 920 g/mol. The van der Waals surface area contributed by atoms with E-state index < -0.39 is 11.9 Å². The maximum atomic E-state index is 12.9. The van der Waals surface area contributed by atoms with Gasteiger partial charge in [-0.15, -0.1) is 22.7 Å². The Morgan fingerprint density at radius 1 is 0.662 bits per heavy atom. The molecule has 0 radical (unpaired) electrons. The minimum absolute atomic E-state index is 0.0675. The molecule has 0 fully saturated rings. The van der Waals surface area contributed by atoms with Crippen LogP contribution in [0.15, 0.2) is 83.8 Å². The van der Waals surface area contributed by atoms with Gasteiger partial charge in [0, 0.05) is 67.0 Å². The lowest BCUT2D eigenvalue weighted by atomic mass is 10.1. The number of ether oxygens (including phenoxy) is 2. The first-order chi connectivity index (χ1) is 31.5. The van der Waals surface area contributed by atoms with E-state index in [-0.39, 0.29) is 23.1 Å². The summed E-state index contributed by atoms with van der Waals surface area (Å²) < 4.78 is 11.8. The molecule has 6 heterocycles. The van der Waals surface area contributed by atoms with Crippen LogP contribution >= 0.6 is 22.7 Å². The summed E-state index contributed by atoms with van der Waals surface area (Å²) in [4.78, 5) is 68.6. The van der Waals surface area contributed by atoms with Gasteiger partial charge in [-0.2, -0.15) is 0 Å². The van der Waals surface area contributed by atoms with Crippen LogP contribution in [-0.4, -0.2) is 108 Å². The van der Waals surface area contributed by atoms with Gasteiger partial charge in [-0.3, -0.25) is 14.4 Å². The van der Waals surface area contributed by atoms with Crippen LogP contribution in [0.4, 0.5) is 23.0 Å². The highest BCUT2D eigenvalue weighted by Gasteiger charge is 2.19. The smallest absolute Gasteiger partial charge is 0.335 e. The molecule has 2 aliphatic heterocycles. The van der Waals surface area contributed by atoms with Crippen molar-refractivity contribution in [3.8, 4) is 32.6 Å². The molecule has 0 saturated carbocycles. The van der Waals surface area contributed by atoms with Gasteiger partial charge < -0.3 is 46.1 Å². The zero-order chi connectivity index (χ0) is 46.1. The number of carbonyl (C=O) groups excluding carboxylic acids is 3. The number of thiazole rings is 2. The Balaban J connectivity index is 0.000000204. The van der Waals surface area contributed by atoms with E-state index in [0.29, 0.717) is 52.4 Å². The number of hydrogen-bond acceptors (Lipinski definition) is 15. The molecule has 4 aromatic heterocycles. The largest absolute Gasteiger partial charge is 0.491 e. The number of anilines is 4. The number of fused-ring (bicyclic) bond motifs is 12. The third-order valence-corrected chi connectivity index (χ3v) is 11.4. The molecular formula is C46H52N10O7S2. The van der Waals surface area contributed by atoms with Gasteiger partial charge in [0.05, 0.1) is 30.2 Å². The third kappa shape index (κ3) is 13.5. The van der Waals surface area contributed by atoms with Crippen LogP contribution in [0, 0.1) is 0 Å². The van der Waals surface area contributed by atoms with E-state index in [1.165, 1.54) is 39.7 Å². The molecule has 3 amide bonds. The number of carboxylic acids is 1. The number of nitrogens with zero attached hydrogens (tertiary/aromatic N) is 5. The normalized spacial score (nSPS) is 14.0. The molecular weight excluding hydrogens is 869 g/mol. The van der Waals surface area contributed by atoms with E-state index in [1.54, 1.807) is 61.5 Å². The summed E-state index contributed by atoms with van der Waals surface area (Å²) in [5.74, 6) is 0.502. The molecule has 2 aliphatic rings. The number of pyridine rings is 2. The van der Waals surface area contributed by atoms with Crippen molar-refractivity contribution >= 4 is 69.4 Å². The van der Waals surface area contributed by atoms with Gasteiger partial charge in [-0.25, -0.2) is 24.7 Å². The zero-order valence-electron chi connectivity index (χ0n) is 36.6. The minimum Gasteiger partial charge on any atom is -0.491 e. The molecule has 0 saturated heterocycles. The average Bonchev–Trinajstić information content (AvgIpc) is 4.01. The quantitative estimate of drug-likeness (QED) is 0.0967. The highest BCUT2D eigenvalue weighted by molar-refractivity contribution is 7.13. The predicted octanol–water partition coefficient (Wildman–Crippen LogP) is 8.10. The van der Waals surface area contributed by atoms with Crippen molar-refractivity contribution in [2.45, 2.75) is 38.5 Å². The fourth-order valence-corrected chi connectivity index (χ4v) is 7.94. The number of benzene rings is 2. The van der Waals surface area contributed by atoms with Crippen molar-refractivity contribution in [2.24, 2.45) is 0 Å². The standard InChI is InChI=1S/C23H25N5O3S.C21H20N4O4S.C2H7N/c1-28(2)23(30)16-6-7-19-17(12-16)26-21(29)18-14-32-22(27-18)15-8-10-25-20(13-15)24-9-4-3-5-11-31-19;26-19-16-12-30-20(25-16)13-6-8-23-18(11-13)22-7-2-1-3-9-29-17-5-4-14(21(27)28)10-15(17)24-19;1-3-2/h6-8,10,12-14H,3-5,9,11H2,1-2H3,(H,24,25)(H,26,29);4-6,8,10-12H,1-3,7,9H2,(H,22,23)(H,24,26)(H,27,28);3H,1-2H3. The van der Waals surface area contributed by atoms with Gasteiger partial charge >= 0.3 is 5.97 Å². The number of aromatic nitrogens is 4. The SMILES string of the molecule is CN(C)C(=O)c1ccc2c(c1)NC(=O)c1csc(n1)-c1ccnc(c1)NCCCCCO2.CNC.O=C(O)c1ccc2c(c1)NC(=O)c1csc(n1)-c1ccnc(c1)NCCCCCO2. The lowest BCUT2D eigenvalue weighted by molar-refractivity contribution is 0.0695. The summed E-state index contributed by atoms with van der Waals surface area (Å²) in [7, 11) is 7.13. The molecule has 0 spiro atoms. The summed E-state index contributed by atoms with van der Waals surface area (Å²) in [6.45, 7) is 2.58. The zero-order valence-corrected chi connectivity index (χ0v) is 38.2. The predicted molar refractivity (Wildman–Crippen MR) is 255 cm³/mol. The maximum absolute atomic E-state index is 12.9. The molecule has 65 heavy (non-hydrogen) atoms. The van der Waals surface area contributed by atoms with E-state index >= 15 is 0 Å². The fraction of sp³-hybridized carbons (Fsp3) is 0.304. The number of carboxylic acid groups (broad SMARTS) is 1. The molecule has 8 rings (SSSR count). The van der Waals surface area contributed by atoms with E-state index in [9.17, 15) is 24.3 Å². The van der Waals surface area contributed by atoms with Crippen molar-refractivity contribution < 1.29 is 33.8 Å². The van der Waals surface area contributed by atoms with Crippen molar-refractivity contribution in [1.29, 1.82) is 0 Å². The van der Waals surface area contributed by atoms with Crippen LogP contribution in [0.1, 0.15) is 80.2 Å². The minimum atomic E-state index is -1.08. The second kappa shape index (κ2) is 23.6. The van der Waals surface area contributed by atoms with Crippen LogP contribution in [-0.2, 0) is 0 Å². The Morgan fingerprint density at radius 2 is 1.12 bits per heavy atom. The van der Waals surface area contributed by atoms with E-state index in [0.717, 1.165) is 79.4 Å². The van der Waals surface area contributed by atoms with Crippen molar-refractivity contribution in [3.05, 3.63) is 106 Å². The molecule has 340 valence electrons. The molecule has 19 heteroatoms. The Labute approximate surface area is 385 Å². The Kier molecular flexibility index (Phi) is 17.3. The summed E-state index contributed by atoms with van der Waals surface area (Å²) in [6.07, 6.45) is 9.03. The average molecular weight is 921 g/mol. The molecule has 6 aromatic rings. The van der Waals surface area contributed by atoms with Crippen LogP contribution in [0.25, 0.3) is 21.1 Å². The maximum Gasteiger partial charge on any atom is 0.335 e. The molecule has 6 N–H and O–H groups in total. The molecule has 8 bridgehead atoms. The highest BCUT2D eigenvalue weighted by Crippen LogP contribution is 2.31. The van der Waals surface area contributed by atoms with E-state index in [2.05, 4.69) is 46.5 Å². The first-order valence-electron chi connectivity index (χ1n) is 21.0. The van der Waals surface area contributed by atoms with Gasteiger partial charge in [0.1, 0.15) is 44.5 Å². The number of nitrogens with one attached hydrogen (secondary N) is 5. The summed E-state index contributed by atoms with van der Waals surface area (Å²) in [5.41, 5.74) is 3.63. The van der Waals surface area contributed by atoms with E-state index in [1.807, 2.05) is 38.4 Å². The van der Waals surface area contributed by atoms with Gasteiger partial charge in [0.25, 0.3) is 17.7 Å². The van der Waals surface area contributed by atoms with Crippen LogP contribution in [0.5, 0.6) is 11.5 Å². The number of rotatable bonds is 2. The number of aromatic carboxylic acids is 1. The number of amides is 3. The second-order valence-corrected chi connectivity index (χ2v) is 16.7. The lowest BCUT2D eigenvalue weighted by Crippen LogP contribution is -2.22. The van der Waals surface area contributed by atoms with Crippen LogP contribution < -0.4 is 36.1 Å². The van der Waals surface area contributed by atoms with Gasteiger partial charge in [-0.1, -0.05) is 0 Å². The van der Waals surface area contributed by atoms with Crippen LogP contribution in [0.2, 0.25) is 0 Å². The van der Waals surface area contributed by atoms with Gasteiger partial charge in [0.2, 0.25) is 0 Å². The highest BCUT2D eigenvalue weighted by atomic mass is 32.1. The van der Waals surface area contributed by atoms with Gasteiger partial charge in [0.15, 0.2) is 0 Å². The van der Waals surface area contributed by atoms with Gasteiger partial charge in [-0.05, 0) is 113 Å². The summed E-state index contributed by atoms with van der Waals surface area (Å²) >= 11 is 2.75. The number of carbonyl (C=O) groups is 4. The Bertz CT molecular complexity index is 2580.